The highest BCUT2D eigenvalue weighted by Crippen LogP contribution is 2.16. The van der Waals surface area contributed by atoms with E-state index in [4.69, 9.17) is 0 Å². The fourth-order valence-corrected chi connectivity index (χ4v) is 2.82. The lowest BCUT2D eigenvalue weighted by Gasteiger charge is -2.32. The summed E-state index contributed by atoms with van der Waals surface area (Å²) in [5.41, 5.74) is 1.22. The summed E-state index contributed by atoms with van der Waals surface area (Å²) in [5.74, 6) is 0.837. The van der Waals surface area contributed by atoms with Crippen LogP contribution in [-0.4, -0.2) is 42.6 Å². The van der Waals surface area contributed by atoms with E-state index in [1.54, 1.807) is 0 Å². The van der Waals surface area contributed by atoms with Crippen LogP contribution in [0.25, 0.3) is 0 Å². The van der Waals surface area contributed by atoms with Gasteiger partial charge >= 0.3 is 0 Å². The number of hydrogen-bond acceptors (Lipinski definition) is 3. The average Bonchev–Trinajstić information content (AvgIpc) is 2.47. The van der Waals surface area contributed by atoms with Crippen LogP contribution in [0, 0.1) is 5.92 Å². The standard InChI is InChI=1S/C16H27N3/c1-2-9-17-13-15-6-5-11-19(14-15)12-8-16-7-3-4-10-18-16/h3-4,7,10,15,17H,2,5-6,8-9,11-14H2,1H3. The zero-order valence-corrected chi connectivity index (χ0v) is 12.1. The smallest absolute Gasteiger partial charge is 0.0416 e. The molecule has 19 heavy (non-hydrogen) atoms. The van der Waals surface area contributed by atoms with Gasteiger partial charge in [0.15, 0.2) is 0 Å². The summed E-state index contributed by atoms with van der Waals surface area (Å²) in [5, 5.41) is 3.56. The van der Waals surface area contributed by atoms with Crippen molar-refractivity contribution < 1.29 is 0 Å². The maximum Gasteiger partial charge on any atom is 0.0416 e. The number of hydrogen-bond donors (Lipinski definition) is 1. The van der Waals surface area contributed by atoms with Crippen molar-refractivity contribution in [3.63, 3.8) is 0 Å². The molecule has 3 nitrogen and oxygen atoms in total. The maximum absolute atomic E-state index is 4.40. The molecule has 0 bridgehead atoms. The molecular weight excluding hydrogens is 234 g/mol. The van der Waals surface area contributed by atoms with Crippen molar-refractivity contribution in [3.05, 3.63) is 30.1 Å². The molecular formula is C16H27N3. The van der Waals surface area contributed by atoms with Crippen LogP contribution >= 0.6 is 0 Å². The number of piperidine rings is 1. The molecule has 1 fully saturated rings. The zero-order valence-electron chi connectivity index (χ0n) is 12.1. The molecule has 2 heterocycles. The Bertz CT molecular complexity index is 339. The number of aromatic nitrogens is 1. The molecule has 1 aliphatic rings. The Morgan fingerprint density at radius 1 is 1.42 bits per heavy atom. The van der Waals surface area contributed by atoms with E-state index >= 15 is 0 Å². The SMILES string of the molecule is CCCNCC1CCCN(CCc2ccccn2)C1. The third kappa shape index (κ3) is 5.29. The van der Waals surface area contributed by atoms with Crippen LogP contribution in [0.15, 0.2) is 24.4 Å². The second-order valence-electron chi connectivity index (χ2n) is 5.58. The van der Waals surface area contributed by atoms with Gasteiger partial charge in [0.05, 0.1) is 0 Å². The Labute approximate surface area is 117 Å². The molecule has 0 radical (unpaired) electrons. The molecule has 2 rings (SSSR count). The quantitative estimate of drug-likeness (QED) is 0.764. The molecule has 106 valence electrons. The molecule has 0 amide bonds. The summed E-state index contributed by atoms with van der Waals surface area (Å²) in [6.45, 7) is 8.24. The Kier molecular flexibility index (Phi) is 6.31. The summed E-state index contributed by atoms with van der Waals surface area (Å²) in [6, 6.07) is 6.19. The van der Waals surface area contributed by atoms with Crippen LogP contribution in [0.3, 0.4) is 0 Å². The molecule has 1 unspecified atom stereocenters. The summed E-state index contributed by atoms with van der Waals surface area (Å²) < 4.78 is 0. The van der Waals surface area contributed by atoms with Gasteiger partial charge in [0.1, 0.15) is 0 Å². The predicted octanol–water partition coefficient (Wildman–Crippen LogP) is 2.34. The Morgan fingerprint density at radius 3 is 3.16 bits per heavy atom. The van der Waals surface area contributed by atoms with E-state index in [2.05, 4.69) is 34.3 Å². The van der Waals surface area contributed by atoms with E-state index in [1.807, 2.05) is 12.3 Å². The van der Waals surface area contributed by atoms with E-state index in [-0.39, 0.29) is 0 Å². The lowest BCUT2D eigenvalue weighted by atomic mass is 9.97. The molecule has 0 spiro atoms. The lowest BCUT2D eigenvalue weighted by molar-refractivity contribution is 0.174. The number of rotatable bonds is 7. The molecule has 1 aromatic rings. The third-order valence-electron chi connectivity index (χ3n) is 3.87. The second-order valence-corrected chi connectivity index (χ2v) is 5.58. The number of likely N-dealkylation sites (tertiary alicyclic amines) is 1. The summed E-state index contributed by atoms with van der Waals surface area (Å²) in [6.07, 6.45) is 6.94. The van der Waals surface area contributed by atoms with Crippen LogP contribution < -0.4 is 5.32 Å². The molecule has 0 aliphatic carbocycles. The first-order chi connectivity index (χ1) is 9.38. The van der Waals surface area contributed by atoms with Gasteiger partial charge in [-0.3, -0.25) is 4.98 Å². The highest BCUT2D eigenvalue weighted by Gasteiger charge is 2.19. The topological polar surface area (TPSA) is 28.2 Å². The van der Waals surface area contributed by atoms with Crippen molar-refractivity contribution in [1.29, 1.82) is 0 Å². The van der Waals surface area contributed by atoms with Gasteiger partial charge in [-0.2, -0.15) is 0 Å². The fourth-order valence-electron chi connectivity index (χ4n) is 2.82. The van der Waals surface area contributed by atoms with Crippen molar-refractivity contribution in [2.75, 3.05) is 32.7 Å². The van der Waals surface area contributed by atoms with Crippen molar-refractivity contribution >= 4 is 0 Å². The minimum atomic E-state index is 0.837. The van der Waals surface area contributed by atoms with Crippen LogP contribution in [0.1, 0.15) is 31.9 Å². The van der Waals surface area contributed by atoms with Gasteiger partial charge in [-0.1, -0.05) is 13.0 Å². The van der Waals surface area contributed by atoms with E-state index < -0.39 is 0 Å². The molecule has 3 heteroatoms. The summed E-state index contributed by atoms with van der Waals surface area (Å²) in [7, 11) is 0. The largest absolute Gasteiger partial charge is 0.316 e. The predicted molar refractivity (Wildman–Crippen MR) is 80.3 cm³/mol. The Hall–Kier alpha value is -0.930. The number of nitrogens with one attached hydrogen (secondary N) is 1. The monoisotopic (exact) mass is 261 g/mol. The van der Waals surface area contributed by atoms with Crippen molar-refractivity contribution in [2.45, 2.75) is 32.6 Å². The number of pyridine rings is 1. The Morgan fingerprint density at radius 2 is 2.37 bits per heavy atom. The first-order valence-electron chi connectivity index (χ1n) is 7.71. The van der Waals surface area contributed by atoms with Crippen LogP contribution in [0.5, 0.6) is 0 Å². The molecule has 1 aliphatic heterocycles. The van der Waals surface area contributed by atoms with Crippen LogP contribution in [-0.2, 0) is 6.42 Å². The first-order valence-corrected chi connectivity index (χ1v) is 7.71. The molecule has 0 aromatic carbocycles. The normalized spacial score (nSPS) is 20.6. The summed E-state index contributed by atoms with van der Waals surface area (Å²) >= 11 is 0. The third-order valence-corrected chi connectivity index (χ3v) is 3.87. The van der Waals surface area contributed by atoms with E-state index in [0.29, 0.717) is 0 Å². The van der Waals surface area contributed by atoms with Gasteiger partial charge in [-0.15, -0.1) is 0 Å². The van der Waals surface area contributed by atoms with E-state index in [9.17, 15) is 0 Å². The van der Waals surface area contributed by atoms with Gasteiger partial charge < -0.3 is 10.2 Å². The van der Waals surface area contributed by atoms with Gasteiger partial charge in [-0.25, -0.2) is 0 Å². The zero-order chi connectivity index (χ0) is 13.3. The molecule has 0 saturated carbocycles. The first kappa shape index (κ1) is 14.5. The molecule has 1 aromatic heterocycles. The second kappa shape index (κ2) is 8.28. The minimum Gasteiger partial charge on any atom is -0.316 e. The Balaban J connectivity index is 1.69. The molecule has 1 N–H and O–H groups in total. The molecule has 1 saturated heterocycles. The highest BCUT2D eigenvalue weighted by molar-refractivity contribution is 5.03. The maximum atomic E-state index is 4.40. The van der Waals surface area contributed by atoms with Crippen molar-refractivity contribution in [1.82, 2.24) is 15.2 Å². The fraction of sp³-hybridized carbons (Fsp3) is 0.688. The van der Waals surface area contributed by atoms with Gasteiger partial charge in [0.2, 0.25) is 0 Å². The van der Waals surface area contributed by atoms with Gasteiger partial charge in [-0.05, 0) is 56.9 Å². The average molecular weight is 261 g/mol. The van der Waals surface area contributed by atoms with Crippen molar-refractivity contribution in [2.24, 2.45) is 5.92 Å². The lowest BCUT2D eigenvalue weighted by Crippen LogP contribution is -2.40. The van der Waals surface area contributed by atoms with E-state index in [0.717, 1.165) is 25.4 Å². The van der Waals surface area contributed by atoms with Crippen LogP contribution in [0.4, 0.5) is 0 Å². The minimum absolute atomic E-state index is 0.837. The van der Waals surface area contributed by atoms with Gasteiger partial charge in [0, 0.05) is 31.4 Å². The highest BCUT2D eigenvalue weighted by atomic mass is 15.1. The summed E-state index contributed by atoms with van der Waals surface area (Å²) in [4.78, 5) is 7.01. The molecule has 1 atom stereocenters. The number of nitrogens with zero attached hydrogens (tertiary/aromatic N) is 2. The van der Waals surface area contributed by atoms with Crippen molar-refractivity contribution in [3.8, 4) is 0 Å². The van der Waals surface area contributed by atoms with Crippen LogP contribution in [0.2, 0.25) is 0 Å². The van der Waals surface area contributed by atoms with E-state index in [1.165, 1.54) is 44.6 Å². The van der Waals surface area contributed by atoms with Gasteiger partial charge in [0.25, 0.3) is 0 Å².